The van der Waals surface area contributed by atoms with Crippen LogP contribution < -0.4 is 10.2 Å². The summed E-state index contributed by atoms with van der Waals surface area (Å²) < 4.78 is 14.2. The molecular weight excluding hydrogens is 188 g/mol. The lowest BCUT2D eigenvalue weighted by molar-refractivity contribution is -0.145. The number of rotatable bonds is 4. The summed E-state index contributed by atoms with van der Waals surface area (Å²) in [4.78, 5) is 21.9. The Morgan fingerprint density at radius 3 is 3.00 bits per heavy atom. The SMILES string of the molecule is CCOC(=O)COc1coccc1=O. The lowest BCUT2D eigenvalue weighted by Crippen LogP contribution is -2.17. The van der Waals surface area contributed by atoms with Crippen molar-refractivity contribution in [2.45, 2.75) is 6.92 Å². The summed E-state index contributed by atoms with van der Waals surface area (Å²) in [5.74, 6) is -0.517. The molecule has 0 fully saturated rings. The number of carbonyl (C=O) groups excluding carboxylic acids is 1. The first-order valence-corrected chi connectivity index (χ1v) is 4.09. The summed E-state index contributed by atoms with van der Waals surface area (Å²) in [5.41, 5.74) is -0.333. The first-order chi connectivity index (χ1) is 6.74. The van der Waals surface area contributed by atoms with Crippen molar-refractivity contribution in [3.63, 3.8) is 0 Å². The van der Waals surface area contributed by atoms with E-state index in [2.05, 4.69) is 4.74 Å². The smallest absolute Gasteiger partial charge is 0.344 e. The third-order valence-electron chi connectivity index (χ3n) is 1.37. The summed E-state index contributed by atoms with van der Waals surface area (Å²) in [7, 11) is 0. The molecule has 0 N–H and O–H groups in total. The van der Waals surface area contributed by atoms with Gasteiger partial charge in [-0.15, -0.1) is 0 Å². The van der Waals surface area contributed by atoms with E-state index in [0.29, 0.717) is 0 Å². The average Bonchev–Trinajstić information content (AvgIpc) is 2.17. The van der Waals surface area contributed by atoms with Crippen LogP contribution in [0.4, 0.5) is 0 Å². The van der Waals surface area contributed by atoms with E-state index in [1.165, 1.54) is 12.3 Å². The zero-order chi connectivity index (χ0) is 10.4. The van der Waals surface area contributed by atoms with E-state index in [1.54, 1.807) is 6.92 Å². The minimum absolute atomic E-state index is 0.000512. The highest BCUT2D eigenvalue weighted by Crippen LogP contribution is 2.00. The first-order valence-electron chi connectivity index (χ1n) is 4.09. The lowest BCUT2D eigenvalue weighted by Gasteiger charge is -2.03. The van der Waals surface area contributed by atoms with Gasteiger partial charge in [0, 0.05) is 6.07 Å². The topological polar surface area (TPSA) is 65.7 Å². The number of ether oxygens (including phenoxy) is 2. The fourth-order valence-electron chi connectivity index (χ4n) is 0.787. The van der Waals surface area contributed by atoms with Crippen molar-refractivity contribution in [2.75, 3.05) is 13.2 Å². The molecule has 1 aromatic heterocycles. The van der Waals surface area contributed by atoms with Gasteiger partial charge in [-0.3, -0.25) is 4.79 Å². The van der Waals surface area contributed by atoms with Gasteiger partial charge in [-0.1, -0.05) is 0 Å². The molecule has 5 heteroatoms. The molecule has 1 heterocycles. The highest BCUT2D eigenvalue weighted by Gasteiger charge is 2.05. The van der Waals surface area contributed by atoms with Crippen LogP contribution in [0.25, 0.3) is 0 Å². The average molecular weight is 198 g/mol. The maximum absolute atomic E-state index is 11.1. The van der Waals surface area contributed by atoms with Crippen LogP contribution in [0.1, 0.15) is 6.92 Å². The van der Waals surface area contributed by atoms with Crippen LogP contribution in [-0.2, 0) is 9.53 Å². The van der Waals surface area contributed by atoms with Gasteiger partial charge in [0.1, 0.15) is 6.26 Å². The number of esters is 1. The van der Waals surface area contributed by atoms with Crippen molar-refractivity contribution < 1.29 is 18.7 Å². The Hall–Kier alpha value is -1.78. The molecule has 0 saturated heterocycles. The molecule has 0 unspecified atom stereocenters. The second-order valence-electron chi connectivity index (χ2n) is 2.38. The third-order valence-corrected chi connectivity index (χ3v) is 1.37. The van der Waals surface area contributed by atoms with Crippen molar-refractivity contribution in [3.05, 3.63) is 28.8 Å². The van der Waals surface area contributed by atoms with Crippen LogP contribution >= 0.6 is 0 Å². The fraction of sp³-hybridized carbons (Fsp3) is 0.333. The van der Waals surface area contributed by atoms with E-state index in [0.717, 1.165) is 6.26 Å². The molecule has 0 atom stereocenters. The normalized spacial score (nSPS) is 9.50. The van der Waals surface area contributed by atoms with E-state index in [-0.39, 0.29) is 24.4 Å². The molecule has 0 spiro atoms. The predicted molar refractivity (Wildman–Crippen MR) is 47.1 cm³/mol. The molecule has 0 aliphatic carbocycles. The molecule has 14 heavy (non-hydrogen) atoms. The number of hydrogen-bond acceptors (Lipinski definition) is 5. The zero-order valence-corrected chi connectivity index (χ0v) is 7.69. The van der Waals surface area contributed by atoms with Crippen LogP contribution in [0, 0.1) is 0 Å². The van der Waals surface area contributed by atoms with Crippen molar-refractivity contribution in [3.8, 4) is 5.75 Å². The van der Waals surface area contributed by atoms with E-state index < -0.39 is 5.97 Å². The Morgan fingerprint density at radius 1 is 1.57 bits per heavy atom. The van der Waals surface area contributed by atoms with Crippen molar-refractivity contribution >= 4 is 5.97 Å². The molecule has 0 bridgehead atoms. The maximum atomic E-state index is 11.1. The Balaban J connectivity index is 2.50. The third kappa shape index (κ3) is 2.93. The molecule has 0 aliphatic rings. The van der Waals surface area contributed by atoms with Crippen LogP contribution in [0.2, 0.25) is 0 Å². The number of hydrogen-bond donors (Lipinski definition) is 0. The van der Waals surface area contributed by atoms with Gasteiger partial charge < -0.3 is 13.9 Å². The lowest BCUT2D eigenvalue weighted by atomic mass is 10.5. The van der Waals surface area contributed by atoms with Crippen molar-refractivity contribution in [1.82, 2.24) is 0 Å². The largest absolute Gasteiger partial charge is 0.475 e. The van der Waals surface area contributed by atoms with Gasteiger partial charge in [0.05, 0.1) is 12.9 Å². The van der Waals surface area contributed by atoms with Crippen LogP contribution in [-0.4, -0.2) is 19.2 Å². The van der Waals surface area contributed by atoms with Crippen molar-refractivity contribution in [2.24, 2.45) is 0 Å². The summed E-state index contributed by atoms with van der Waals surface area (Å²) in [5, 5.41) is 0. The van der Waals surface area contributed by atoms with E-state index in [1.807, 2.05) is 0 Å². The molecular formula is C9H10O5. The van der Waals surface area contributed by atoms with E-state index in [4.69, 9.17) is 9.15 Å². The van der Waals surface area contributed by atoms with Gasteiger partial charge in [-0.2, -0.15) is 0 Å². The van der Waals surface area contributed by atoms with Crippen LogP contribution in [0.3, 0.4) is 0 Å². The summed E-state index contributed by atoms with van der Waals surface area (Å²) in [6.45, 7) is 1.68. The quantitative estimate of drug-likeness (QED) is 0.662. The molecule has 0 aliphatic heterocycles. The van der Waals surface area contributed by atoms with Gasteiger partial charge in [-0.25, -0.2) is 4.79 Å². The molecule has 0 aromatic carbocycles. The molecule has 76 valence electrons. The molecule has 1 aromatic rings. The summed E-state index contributed by atoms with van der Waals surface area (Å²) in [6.07, 6.45) is 2.38. The maximum Gasteiger partial charge on any atom is 0.344 e. The molecule has 0 radical (unpaired) electrons. The predicted octanol–water partition coefficient (Wildman–Crippen LogP) is 0.582. The Labute approximate surface area is 80.2 Å². The minimum Gasteiger partial charge on any atom is -0.475 e. The molecule has 0 amide bonds. The van der Waals surface area contributed by atoms with Gasteiger partial charge in [0.25, 0.3) is 0 Å². The van der Waals surface area contributed by atoms with E-state index in [9.17, 15) is 9.59 Å². The summed E-state index contributed by atoms with van der Waals surface area (Å²) in [6, 6.07) is 1.21. The number of carbonyl (C=O) groups is 1. The van der Waals surface area contributed by atoms with E-state index >= 15 is 0 Å². The highest BCUT2D eigenvalue weighted by atomic mass is 16.6. The molecule has 0 saturated carbocycles. The Kier molecular flexibility index (Phi) is 3.72. The van der Waals surface area contributed by atoms with Crippen LogP contribution in [0.15, 0.2) is 27.8 Å². The zero-order valence-electron chi connectivity index (χ0n) is 7.69. The first kappa shape index (κ1) is 10.3. The molecule has 5 nitrogen and oxygen atoms in total. The van der Waals surface area contributed by atoms with Gasteiger partial charge in [0.15, 0.2) is 6.61 Å². The van der Waals surface area contributed by atoms with Gasteiger partial charge in [-0.05, 0) is 6.92 Å². The molecule has 1 rings (SSSR count). The summed E-state index contributed by atoms with van der Waals surface area (Å²) >= 11 is 0. The monoisotopic (exact) mass is 198 g/mol. The second-order valence-corrected chi connectivity index (χ2v) is 2.38. The fourth-order valence-corrected chi connectivity index (χ4v) is 0.787. The van der Waals surface area contributed by atoms with Gasteiger partial charge in [0.2, 0.25) is 11.2 Å². The van der Waals surface area contributed by atoms with Crippen molar-refractivity contribution in [1.29, 1.82) is 0 Å². The van der Waals surface area contributed by atoms with Crippen LogP contribution in [0.5, 0.6) is 5.75 Å². The Morgan fingerprint density at radius 2 is 2.36 bits per heavy atom. The second kappa shape index (κ2) is 5.06. The standard InChI is InChI=1S/C9H10O5/c1-2-13-9(11)6-14-8-5-12-4-3-7(8)10/h3-5H,2,6H2,1H3. The highest BCUT2D eigenvalue weighted by molar-refractivity contribution is 5.71. The minimum atomic E-state index is -0.518. The Bertz CT molecular complexity index is 354. The van der Waals surface area contributed by atoms with Gasteiger partial charge >= 0.3 is 5.97 Å².